The summed E-state index contributed by atoms with van der Waals surface area (Å²) < 4.78 is 15.6. The maximum absolute atomic E-state index is 12.2. The largest absolute Gasteiger partial charge is 0.480 e. The summed E-state index contributed by atoms with van der Waals surface area (Å²) in [5.41, 5.74) is 0.555. The van der Waals surface area contributed by atoms with Crippen LogP contribution in [-0.4, -0.2) is 47.3 Å². The normalized spacial score (nSPS) is 17.8. The highest BCUT2D eigenvalue weighted by Gasteiger charge is 2.29. The van der Waals surface area contributed by atoms with E-state index in [1.165, 1.54) is 19.6 Å². The molecule has 21 heavy (non-hydrogen) atoms. The molecule has 0 radical (unpaired) electrons. The molecular weight excluding hydrogens is 274 g/mol. The summed E-state index contributed by atoms with van der Waals surface area (Å²) in [7, 11) is 1.53. The smallest absolute Gasteiger partial charge is 0.257 e. The number of hydrogen-bond donors (Lipinski definition) is 0. The number of likely N-dealkylation sites (tertiary alicyclic amines) is 1. The molecule has 0 bridgehead atoms. The van der Waals surface area contributed by atoms with Crippen molar-refractivity contribution in [3.8, 4) is 11.8 Å². The third-order valence-electron chi connectivity index (χ3n) is 3.31. The second-order valence-electron chi connectivity index (χ2n) is 4.71. The van der Waals surface area contributed by atoms with Crippen LogP contribution in [-0.2, 0) is 0 Å². The topological polar surface area (TPSA) is 77.7 Å². The first-order valence-corrected chi connectivity index (χ1v) is 6.62. The molecule has 1 atom stereocenters. The number of hydrogen-bond acceptors (Lipinski definition) is 6. The average Bonchev–Trinajstić information content (AvgIpc) is 3.19. The molecule has 7 heteroatoms. The lowest BCUT2D eigenvalue weighted by Crippen LogP contribution is -2.30. The van der Waals surface area contributed by atoms with Crippen molar-refractivity contribution < 1.29 is 18.7 Å². The predicted octanol–water partition coefficient (Wildman–Crippen LogP) is 1.37. The molecule has 0 aromatic carbocycles. The van der Waals surface area contributed by atoms with E-state index in [1.54, 1.807) is 23.1 Å². The van der Waals surface area contributed by atoms with Crippen LogP contribution >= 0.6 is 0 Å². The van der Waals surface area contributed by atoms with Crippen molar-refractivity contribution in [2.45, 2.75) is 12.5 Å². The molecule has 0 aliphatic carbocycles. The maximum Gasteiger partial charge on any atom is 0.257 e. The van der Waals surface area contributed by atoms with Gasteiger partial charge in [-0.25, -0.2) is 0 Å². The van der Waals surface area contributed by atoms with Gasteiger partial charge in [0.05, 0.1) is 25.5 Å². The summed E-state index contributed by atoms with van der Waals surface area (Å²) in [5.74, 6) is 0.819. The van der Waals surface area contributed by atoms with Gasteiger partial charge in [0.2, 0.25) is 11.8 Å². The highest BCUT2D eigenvalue weighted by atomic mass is 16.5. The zero-order chi connectivity index (χ0) is 14.7. The van der Waals surface area contributed by atoms with Crippen LogP contribution in [0.2, 0.25) is 0 Å². The highest BCUT2D eigenvalue weighted by molar-refractivity contribution is 5.94. The van der Waals surface area contributed by atoms with Gasteiger partial charge in [0.25, 0.3) is 5.91 Å². The Bertz CT molecular complexity index is 597. The molecule has 3 heterocycles. The molecule has 1 aliphatic heterocycles. The van der Waals surface area contributed by atoms with Gasteiger partial charge in [-0.15, -0.1) is 10.2 Å². The quantitative estimate of drug-likeness (QED) is 0.846. The van der Waals surface area contributed by atoms with Gasteiger partial charge in [0, 0.05) is 25.1 Å². The summed E-state index contributed by atoms with van der Waals surface area (Å²) in [6.07, 6.45) is 3.62. The number of methoxy groups -OCH3 is 1. The number of furan rings is 1. The van der Waals surface area contributed by atoms with Gasteiger partial charge in [-0.2, -0.15) is 0 Å². The molecule has 3 rings (SSSR count). The van der Waals surface area contributed by atoms with E-state index in [1.807, 2.05) is 0 Å². The fourth-order valence-corrected chi connectivity index (χ4v) is 2.23. The summed E-state index contributed by atoms with van der Waals surface area (Å²) in [6.45, 7) is 1.18. The Morgan fingerprint density at radius 2 is 2.14 bits per heavy atom. The molecule has 2 aromatic heterocycles. The Balaban J connectivity index is 1.58. The Labute approximate surface area is 121 Å². The van der Waals surface area contributed by atoms with Gasteiger partial charge in [-0.1, -0.05) is 0 Å². The number of rotatable bonds is 4. The monoisotopic (exact) mass is 289 g/mol. The van der Waals surface area contributed by atoms with E-state index in [9.17, 15) is 4.79 Å². The fraction of sp³-hybridized carbons (Fsp3) is 0.357. The third kappa shape index (κ3) is 2.96. The second kappa shape index (κ2) is 5.82. The Morgan fingerprint density at radius 3 is 2.81 bits per heavy atom. The van der Waals surface area contributed by atoms with Crippen LogP contribution in [0.15, 0.2) is 35.1 Å². The molecule has 2 aromatic rings. The number of aromatic nitrogens is 2. The zero-order valence-electron chi connectivity index (χ0n) is 11.6. The van der Waals surface area contributed by atoms with Crippen molar-refractivity contribution in [3.63, 3.8) is 0 Å². The van der Waals surface area contributed by atoms with E-state index in [-0.39, 0.29) is 12.0 Å². The van der Waals surface area contributed by atoms with E-state index in [2.05, 4.69) is 10.2 Å². The number of carbonyl (C=O) groups is 1. The minimum Gasteiger partial charge on any atom is -0.480 e. The number of amides is 1. The summed E-state index contributed by atoms with van der Waals surface area (Å²) in [6, 6.07) is 5.05. The van der Waals surface area contributed by atoms with E-state index >= 15 is 0 Å². The second-order valence-corrected chi connectivity index (χ2v) is 4.71. The van der Waals surface area contributed by atoms with Gasteiger partial charge in [-0.05, 0) is 6.07 Å². The van der Waals surface area contributed by atoms with Crippen molar-refractivity contribution >= 4 is 5.91 Å². The maximum atomic E-state index is 12.2. The first-order chi connectivity index (χ1) is 10.3. The summed E-state index contributed by atoms with van der Waals surface area (Å²) in [5, 5.41) is 7.76. The highest BCUT2D eigenvalue weighted by Crippen LogP contribution is 2.19. The SMILES string of the molecule is COc1ccc(OC2CCN(C(=O)c3ccoc3)C2)nn1. The van der Waals surface area contributed by atoms with Crippen LogP contribution in [0.3, 0.4) is 0 Å². The van der Waals surface area contributed by atoms with Crippen LogP contribution < -0.4 is 9.47 Å². The first-order valence-electron chi connectivity index (χ1n) is 6.62. The van der Waals surface area contributed by atoms with Crippen LogP contribution in [0.25, 0.3) is 0 Å². The molecule has 0 spiro atoms. The molecule has 110 valence electrons. The van der Waals surface area contributed by atoms with E-state index in [4.69, 9.17) is 13.9 Å². The molecule has 1 unspecified atom stereocenters. The summed E-state index contributed by atoms with van der Waals surface area (Å²) >= 11 is 0. The van der Waals surface area contributed by atoms with E-state index in [0.717, 1.165) is 6.42 Å². The van der Waals surface area contributed by atoms with Crippen molar-refractivity contribution in [1.29, 1.82) is 0 Å². The third-order valence-corrected chi connectivity index (χ3v) is 3.31. The predicted molar refractivity (Wildman–Crippen MR) is 72.2 cm³/mol. The molecule has 1 saturated heterocycles. The van der Waals surface area contributed by atoms with Crippen LogP contribution in [0.5, 0.6) is 11.8 Å². The van der Waals surface area contributed by atoms with Crippen molar-refractivity contribution in [2.24, 2.45) is 0 Å². The minimum atomic E-state index is -0.0801. The van der Waals surface area contributed by atoms with Crippen molar-refractivity contribution in [3.05, 3.63) is 36.3 Å². The van der Waals surface area contributed by atoms with Crippen LogP contribution in [0, 0.1) is 0 Å². The lowest BCUT2D eigenvalue weighted by Gasteiger charge is -2.15. The Kier molecular flexibility index (Phi) is 3.72. The van der Waals surface area contributed by atoms with Crippen molar-refractivity contribution in [1.82, 2.24) is 15.1 Å². The van der Waals surface area contributed by atoms with E-state index < -0.39 is 0 Å². The zero-order valence-corrected chi connectivity index (χ0v) is 11.6. The first kappa shape index (κ1) is 13.4. The van der Waals surface area contributed by atoms with Gasteiger partial charge in [-0.3, -0.25) is 4.79 Å². The van der Waals surface area contributed by atoms with Gasteiger partial charge in [0.1, 0.15) is 12.4 Å². The van der Waals surface area contributed by atoms with Gasteiger partial charge in [0.15, 0.2) is 0 Å². The van der Waals surface area contributed by atoms with Gasteiger partial charge >= 0.3 is 0 Å². The number of carbonyl (C=O) groups excluding carboxylic acids is 1. The van der Waals surface area contributed by atoms with Gasteiger partial charge < -0.3 is 18.8 Å². The van der Waals surface area contributed by atoms with Crippen molar-refractivity contribution in [2.75, 3.05) is 20.2 Å². The molecule has 1 fully saturated rings. The Morgan fingerprint density at radius 1 is 1.33 bits per heavy atom. The number of nitrogens with zero attached hydrogens (tertiary/aromatic N) is 3. The number of ether oxygens (including phenoxy) is 2. The summed E-state index contributed by atoms with van der Waals surface area (Å²) in [4.78, 5) is 13.9. The molecular formula is C14H15N3O4. The molecule has 1 amide bonds. The van der Waals surface area contributed by atoms with Crippen LogP contribution in [0.1, 0.15) is 16.8 Å². The molecule has 1 aliphatic rings. The minimum absolute atomic E-state index is 0.0457. The Hall–Kier alpha value is -2.57. The van der Waals surface area contributed by atoms with E-state index in [0.29, 0.717) is 30.4 Å². The average molecular weight is 289 g/mol. The van der Waals surface area contributed by atoms with Crippen LogP contribution in [0.4, 0.5) is 0 Å². The standard InChI is InChI=1S/C14H15N3O4/c1-19-12-2-3-13(16-15-12)21-11-4-6-17(8-11)14(18)10-5-7-20-9-10/h2-3,5,7,9,11H,4,6,8H2,1H3. The fourth-order valence-electron chi connectivity index (χ4n) is 2.23. The lowest BCUT2D eigenvalue weighted by molar-refractivity contribution is 0.0770. The lowest BCUT2D eigenvalue weighted by atomic mass is 10.3. The molecule has 0 saturated carbocycles. The molecule has 0 N–H and O–H groups in total. The molecule has 7 nitrogen and oxygen atoms in total.